The summed E-state index contributed by atoms with van der Waals surface area (Å²) in [6, 6.07) is 2.97. The second-order valence-corrected chi connectivity index (χ2v) is 2.73. The van der Waals surface area contributed by atoms with Crippen molar-refractivity contribution >= 4 is 11.8 Å². The SMILES string of the molecule is CCOCCNc1ccc(C(=O)O)nn1. The van der Waals surface area contributed by atoms with Crippen molar-refractivity contribution in [1.29, 1.82) is 0 Å². The maximum atomic E-state index is 10.5. The third-order valence-corrected chi connectivity index (χ3v) is 1.64. The lowest BCUT2D eigenvalue weighted by Crippen LogP contribution is -2.11. The summed E-state index contributed by atoms with van der Waals surface area (Å²) in [5.41, 5.74) is -0.0645. The number of anilines is 1. The van der Waals surface area contributed by atoms with Gasteiger partial charge in [-0.15, -0.1) is 10.2 Å². The van der Waals surface area contributed by atoms with Crippen LogP contribution in [-0.4, -0.2) is 41.0 Å². The number of carboxylic acids is 1. The average molecular weight is 211 g/mol. The van der Waals surface area contributed by atoms with Gasteiger partial charge in [0.25, 0.3) is 0 Å². The number of carboxylic acid groups (broad SMARTS) is 1. The monoisotopic (exact) mass is 211 g/mol. The Labute approximate surface area is 87.3 Å². The summed E-state index contributed by atoms with van der Waals surface area (Å²) >= 11 is 0. The molecular weight excluding hydrogens is 198 g/mol. The van der Waals surface area contributed by atoms with E-state index in [-0.39, 0.29) is 5.69 Å². The Hall–Kier alpha value is -1.69. The standard InChI is InChI=1S/C9H13N3O3/c1-2-15-6-5-10-8-4-3-7(9(13)14)11-12-8/h3-4H,2,5-6H2,1H3,(H,10,12)(H,13,14). The fraction of sp³-hybridized carbons (Fsp3) is 0.444. The summed E-state index contributed by atoms with van der Waals surface area (Å²) in [7, 11) is 0. The van der Waals surface area contributed by atoms with Gasteiger partial charge < -0.3 is 15.2 Å². The van der Waals surface area contributed by atoms with E-state index in [4.69, 9.17) is 9.84 Å². The van der Waals surface area contributed by atoms with Gasteiger partial charge in [0.1, 0.15) is 5.82 Å². The molecule has 2 N–H and O–H groups in total. The van der Waals surface area contributed by atoms with Gasteiger partial charge in [0.15, 0.2) is 5.69 Å². The minimum Gasteiger partial charge on any atom is -0.476 e. The number of hydrogen-bond acceptors (Lipinski definition) is 5. The molecule has 0 saturated carbocycles. The van der Waals surface area contributed by atoms with Gasteiger partial charge in [-0.2, -0.15) is 0 Å². The van der Waals surface area contributed by atoms with Gasteiger partial charge in [0.05, 0.1) is 6.61 Å². The molecular formula is C9H13N3O3. The molecule has 1 rings (SSSR count). The zero-order chi connectivity index (χ0) is 11.1. The highest BCUT2D eigenvalue weighted by molar-refractivity contribution is 5.85. The molecule has 6 nitrogen and oxygen atoms in total. The van der Waals surface area contributed by atoms with Gasteiger partial charge in [0, 0.05) is 13.2 Å². The molecule has 0 aromatic carbocycles. The molecule has 0 amide bonds. The number of nitrogens with zero attached hydrogens (tertiary/aromatic N) is 2. The molecule has 1 aromatic heterocycles. The molecule has 1 heterocycles. The summed E-state index contributed by atoms with van der Waals surface area (Å²) in [6.45, 7) is 3.79. The topological polar surface area (TPSA) is 84.3 Å². The maximum absolute atomic E-state index is 10.5. The van der Waals surface area contributed by atoms with Crippen molar-refractivity contribution in [2.75, 3.05) is 25.1 Å². The molecule has 0 aliphatic heterocycles. The largest absolute Gasteiger partial charge is 0.476 e. The van der Waals surface area contributed by atoms with Crippen molar-refractivity contribution in [1.82, 2.24) is 10.2 Å². The van der Waals surface area contributed by atoms with E-state index in [1.807, 2.05) is 6.92 Å². The van der Waals surface area contributed by atoms with Crippen molar-refractivity contribution in [3.05, 3.63) is 17.8 Å². The third-order valence-electron chi connectivity index (χ3n) is 1.64. The molecule has 0 fully saturated rings. The van der Waals surface area contributed by atoms with Crippen LogP contribution in [0.1, 0.15) is 17.4 Å². The number of carbonyl (C=O) groups is 1. The van der Waals surface area contributed by atoms with Crippen molar-refractivity contribution in [2.24, 2.45) is 0 Å². The number of aromatic carboxylic acids is 1. The molecule has 82 valence electrons. The van der Waals surface area contributed by atoms with E-state index in [2.05, 4.69) is 15.5 Å². The van der Waals surface area contributed by atoms with Crippen LogP contribution in [0.25, 0.3) is 0 Å². The van der Waals surface area contributed by atoms with Crippen LogP contribution in [-0.2, 0) is 4.74 Å². The smallest absolute Gasteiger partial charge is 0.356 e. The Bertz CT molecular complexity index is 313. The number of rotatable bonds is 6. The quantitative estimate of drug-likeness (QED) is 0.671. The normalized spacial score (nSPS) is 9.93. The number of ether oxygens (including phenoxy) is 1. The molecule has 0 spiro atoms. The highest BCUT2D eigenvalue weighted by Crippen LogP contribution is 2.01. The molecule has 0 aliphatic carbocycles. The Morgan fingerprint density at radius 2 is 2.33 bits per heavy atom. The fourth-order valence-corrected chi connectivity index (χ4v) is 0.936. The number of aromatic nitrogens is 2. The van der Waals surface area contributed by atoms with E-state index in [1.165, 1.54) is 6.07 Å². The van der Waals surface area contributed by atoms with Crippen molar-refractivity contribution < 1.29 is 14.6 Å². The lowest BCUT2D eigenvalue weighted by molar-refractivity contribution is 0.0689. The van der Waals surface area contributed by atoms with Crippen LogP contribution in [0.2, 0.25) is 0 Å². The minimum absolute atomic E-state index is 0.0645. The molecule has 0 unspecified atom stereocenters. The van der Waals surface area contributed by atoms with Crippen LogP contribution in [0.5, 0.6) is 0 Å². The van der Waals surface area contributed by atoms with Crippen LogP contribution < -0.4 is 5.32 Å². The second-order valence-electron chi connectivity index (χ2n) is 2.73. The van der Waals surface area contributed by atoms with E-state index in [9.17, 15) is 4.79 Å². The van der Waals surface area contributed by atoms with E-state index in [0.29, 0.717) is 25.6 Å². The third kappa shape index (κ3) is 3.90. The molecule has 15 heavy (non-hydrogen) atoms. The van der Waals surface area contributed by atoms with E-state index >= 15 is 0 Å². The predicted molar refractivity (Wildman–Crippen MR) is 54.0 cm³/mol. The number of nitrogens with one attached hydrogen (secondary N) is 1. The lowest BCUT2D eigenvalue weighted by Gasteiger charge is -2.04. The minimum atomic E-state index is -1.08. The molecule has 0 bridgehead atoms. The summed E-state index contributed by atoms with van der Waals surface area (Å²) in [5, 5.41) is 18.8. The van der Waals surface area contributed by atoms with Crippen LogP contribution >= 0.6 is 0 Å². The van der Waals surface area contributed by atoms with Crippen molar-refractivity contribution in [3.8, 4) is 0 Å². The Morgan fingerprint density at radius 3 is 2.87 bits per heavy atom. The predicted octanol–water partition coefficient (Wildman–Crippen LogP) is 0.623. The van der Waals surface area contributed by atoms with Crippen LogP contribution in [0.3, 0.4) is 0 Å². The lowest BCUT2D eigenvalue weighted by atomic mass is 10.4. The van der Waals surface area contributed by atoms with Gasteiger partial charge >= 0.3 is 5.97 Å². The summed E-state index contributed by atoms with van der Waals surface area (Å²) in [5.74, 6) is -0.539. The summed E-state index contributed by atoms with van der Waals surface area (Å²) < 4.78 is 5.11. The summed E-state index contributed by atoms with van der Waals surface area (Å²) in [6.07, 6.45) is 0. The Morgan fingerprint density at radius 1 is 1.53 bits per heavy atom. The van der Waals surface area contributed by atoms with Gasteiger partial charge in [0.2, 0.25) is 0 Å². The highest BCUT2D eigenvalue weighted by Gasteiger charge is 2.04. The number of hydrogen-bond donors (Lipinski definition) is 2. The first kappa shape index (κ1) is 11.4. The average Bonchev–Trinajstić information content (AvgIpc) is 2.25. The summed E-state index contributed by atoms with van der Waals surface area (Å²) in [4.78, 5) is 10.5. The van der Waals surface area contributed by atoms with Gasteiger partial charge in [-0.05, 0) is 19.1 Å². The maximum Gasteiger partial charge on any atom is 0.356 e. The molecule has 1 aromatic rings. The van der Waals surface area contributed by atoms with Crippen LogP contribution in [0, 0.1) is 0 Å². The zero-order valence-corrected chi connectivity index (χ0v) is 8.43. The highest BCUT2D eigenvalue weighted by atomic mass is 16.5. The first-order valence-corrected chi connectivity index (χ1v) is 4.62. The Kier molecular flexibility index (Phi) is 4.49. The van der Waals surface area contributed by atoms with E-state index < -0.39 is 5.97 Å². The first-order valence-electron chi connectivity index (χ1n) is 4.62. The zero-order valence-electron chi connectivity index (χ0n) is 8.43. The van der Waals surface area contributed by atoms with Crippen LogP contribution in [0.4, 0.5) is 5.82 Å². The van der Waals surface area contributed by atoms with Crippen LogP contribution in [0.15, 0.2) is 12.1 Å². The first-order chi connectivity index (χ1) is 7.24. The fourth-order valence-electron chi connectivity index (χ4n) is 0.936. The Balaban J connectivity index is 2.39. The second kappa shape index (κ2) is 5.92. The molecule has 0 atom stereocenters. The van der Waals surface area contributed by atoms with Gasteiger partial charge in [-0.1, -0.05) is 0 Å². The van der Waals surface area contributed by atoms with E-state index in [1.54, 1.807) is 6.07 Å². The van der Waals surface area contributed by atoms with E-state index in [0.717, 1.165) is 0 Å². The molecule has 0 radical (unpaired) electrons. The molecule has 0 saturated heterocycles. The van der Waals surface area contributed by atoms with Gasteiger partial charge in [-0.25, -0.2) is 4.79 Å². The van der Waals surface area contributed by atoms with Crippen molar-refractivity contribution in [2.45, 2.75) is 6.92 Å². The van der Waals surface area contributed by atoms with Crippen molar-refractivity contribution in [3.63, 3.8) is 0 Å². The van der Waals surface area contributed by atoms with Gasteiger partial charge in [-0.3, -0.25) is 0 Å². The molecule has 0 aliphatic rings. The molecule has 6 heteroatoms.